The van der Waals surface area contributed by atoms with Crippen LogP contribution in [0, 0.1) is 11.8 Å². The summed E-state index contributed by atoms with van der Waals surface area (Å²) in [5.74, 6) is 5.33. The van der Waals surface area contributed by atoms with Gasteiger partial charge in [0.05, 0.1) is 24.3 Å². The molecule has 3 heterocycles. The lowest BCUT2D eigenvalue weighted by molar-refractivity contribution is -0.122. The van der Waals surface area contributed by atoms with E-state index in [0.717, 1.165) is 29.7 Å². The van der Waals surface area contributed by atoms with Crippen LogP contribution in [0.3, 0.4) is 0 Å². The quantitative estimate of drug-likeness (QED) is 0.0993. The van der Waals surface area contributed by atoms with Crippen molar-refractivity contribution in [2.24, 2.45) is 0 Å². The Labute approximate surface area is 266 Å². The molecule has 14 heteroatoms. The summed E-state index contributed by atoms with van der Waals surface area (Å²) in [6.07, 6.45) is 2.08. The van der Waals surface area contributed by atoms with Crippen LogP contribution in [-0.2, 0) is 31.0 Å². The number of benzene rings is 2. The molecular formula is C31H35N5O7S2. The zero-order chi connectivity index (χ0) is 32.0. The highest BCUT2D eigenvalue weighted by molar-refractivity contribution is 8.00. The lowest BCUT2D eigenvalue weighted by Gasteiger charge is -2.26. The Morgan fingerprint density at radius 2 is 1.73 bits per heavy atom. The summed E-state index contributed by atoms with van der Waals surface area (Å²) in [6.45, 7) is -0.518. The highest BCUT2D eigenvalue weighted by Crippen LogP contribution is 2.33. The van der Waals surface area contributed by atoms with Gasteiger partial charge in [0, 0.05) is 48.1 Å². The van der Waals surface area contributed by atoms with Gasteiger partial charge in [0.2, 0.25) is 17.7 Å². The molecule has 2 aromatic carbocycles. The number of nitrogens with one attached hydrogen (secondary N) is 4. The van der Waals surface area contributed by atoms with E-state index in [0.29, 0.717) is 17.7 Å². The lowest BCUT2D eigenvalue weighted by atomic mass is 10.0. The third-order valence-electron chi connectivity index (χ3n) is 8.03. The highest BCUT2D eigenvalue weighted by Gasteiger charge is 2.42. The molecule has 2 fully saturated rings. The van der Waals surface area contributed by atoms with E-state index in [-0.39, 0.29) is 55.2 Å². The molecule has 0 aromatic heterocycles. The number of nitrogens with zero attached hydrogens (tertiary/aromatic N) is 1. The van der Waals surface area contributed by atoms with Crippen LogP contribution >= 0.6 is 11.8 Å². The van der Waals surface area contributed by atoms with Gasteiger partial charge in [-0.25, -0.2) is 4.79 Å². The monoisotopic (exact) mass is 653 g/mol. The first-order chi connectivity index (χ1) is 21.6. The van der Waals surface area contributed by atoms with E-state index in [1.807, 2.05) is 36.4 Å². The van der Waals surface area contributed by atoms with Crippen LogP contribution in [0.2, 0.25) is 0 Å². The van der Waals surface area contributed by atoms with Crippen LogP contribution in [0.25, 0.3) is 0 Å². The fourth-order valence-corrected chi connectivity index (χ4v) is 7.84. The minimum atomic E-state index is -4.84. The van der Waals surface area contributed by atoms with Crippen LogP contribution in [0.15, 0.2) is 48.5 Å². The first kappa shape index (κ1) is 32.3. The second kappa shape index (κ2) is 14.4. The number of para-hydroxylation sites is 1. The third-order valence-corrected chi connectivity index (χ3v) is 10.6. The van der Waals surface area contributed by atoms with Gasteiger partial charge in [-0.05, 0) is 36.6 Å². The Morgan fingerprint density at radius 3 is 2.53 bits per heavy atom. The van der Waals surface area contributed by atoms with Gasteiger partial charge in [-0.15, -0.1) is 0 Å². The Hall–Kier alpha value is -4.06. The molecule has 3 aliphatic heterocycles. The number of unbranched alkanes of at least 4 members (excludes halogenated alkanes) is 1. The molecule has 5 amide bonds. The summed E-state index contributed by atoms with van der Waals surface area (Å²) in [4.78, 5) is 51.6. The summed E-state index contributed by atoms with van der Waals surface area (Å²) in [5, 5.41) is 9.00. The minimum absolute atomic E-state index is 0.0800. The number of hydrogen-bond donors (Lipinski definition) is 5. The second-order valence-electron chi connectivity index (χ2n) is 11.1. The molecule has 4 atom stereocenters. The number of amides is 5. The maximum absolute atomic E-state index is 13.4. The van der Waals surface area contributed by atoms with Crippen molar-refractivity contribution in [1.82, 2.24) is 21.3 Å². The van der Waals surface area contributed by atoms with Gasteiger partial charge in [-0.3, -0.25) is 18.9 Å². The van der Waals surface area contributed by atoms with Crippen molar-refractivity contribution in [1.29, 1.82) is 0 Å². The van der Waals surface area contributed by atoms with Crippen LogP contribution in [-0.4, -0.2) is 78.1 Å². The van der Waals surface area contributed by atoms with Crippen molar-refractivity contribution in [3.63, 3.8) is 0 Å². The Morgan fingerprint density at radius 1 is 1.00 bits per heavy atom. The molecule has 238 valence electrons. The zero-order valence-electron chi connectivity index (χ0n) is 24.5. The molecule has 0 aliphatic carbocycles. The predicted octanol–water partition coefficient (Wildman–Crippen LogP) is 1.54. The van der Waals surface area contributed by atoms with Crippen molar-refractivity contribution in [2.45, 2.75) is 61.2 Å². The lowest BCUT2D eigenvalue weighted by Crippen LogP contribution is -2.47. The molecule has 2 aromatic rings. The molecule has 5 N–H and O–H groups in total. The van der Waals surface area contributed by atoms with Crippen LogP contribution < -0.4 is 26.2 Å². The maximum Gasteiger partial charge on any atom is 0.315 e. The highest BCUT2D eigenvalue weighted by atomic mass is 32.2. The van der Waals surface area contributed by atoms with Gasteiger partial charge in [-0.1, -0.05) is 48.6 Å². The molecule has 45 heavy (non-hydrogen) atoms. The first-order valence-electron chi connectivity index (χ1n) is 14.8. The van der Waals surface area contributed by atoms with Gasteiger partial charge in [0.1, 0.15) is 0 Å². The van der Waals surface area contributed by atoms with Gasteiger partial charge >= 0.3 is 6.03 Å². The molecule has 1 unspecified atom stereocenters. The largest absolute Gasteiger partial charge is 0.354 e. The molecule has 3 aliphatic rings. The van der Waals surface area contributed by atoms with Crippen LogP contribution in [0.5, 0.6) is 0 Å². The minimum Gasteiger partial charge on any atom is -0.354 e. The van der Waals surface area contributed by atoms with Crippen molar-refractivity contribution in [2.75, 3.05) is 23.7 Å². The Balaban J connectivity index is 1.09. The number of fused-ring (bicyclic) bond motifs is 3. The molecule has 0 spiro atoms. The fraction of sp³-hybridized carbons (Fsp3) is 0.419. The number of carbonyl (C=O) groups excluding carboxylic acids is 4. The molecular weight excluding hydrogens is 619 g/mol. The standard InChI is InChI=1S/C31H35N5O7S2/c37-27(12-6-5-11-25-29-23(19-44-25)34-31(40)35-29)33-17-26(45(41,42)43)30(39)32-16-15-28(38)36-18-22-9-2-1-7-20(22)13-14-21-8-3-4-10-24(21)36/h1-4,7-10,23,25-26,29H,5-6,11-12,15-19H2,(H,32,39)(H,33,37)(H2,34,35,40)(H,41,42,43)/t23-,25-,26?,29-/m0/s1. The normalized spacial score (nSPS) is 20.5. The smallest absolute Gasteiger partial charge is 0.315 e. The van der Waals surface area contributed by atoms with E-state index in [1.54, 1.807) is 28.8 Å². The number of urea groups is 1. The maximum atomic E-state index is 13.4. The summed E-state index contributed by atoms with van der Waals surface area (Å²) >= 11 is 1.78. The number of anilines is 1. The topological polar surface area (TPSA) is 174 Å². The van der Waals surface area contributed by atoms with E-state index >= 15 is 0 Å². The van der Waals surface area contributed by atoms with E-state index in [9.17, 15) is 32.1 Å². The van der Waals surface area contributed by atoms with Crippen molar-refractivity contribution >= 4 is 51.3 Å². The van der Waals surface area contributed by atoms with E-state index in [1.165, 1.54) is 0 Å². The number of carbonyl (C=O) groups is 4. The Kier molecular flexibility index (Phi) is 10.3. The summed E-state index contributed by atoms with van der Waals surface area (Å²) in [5.41, 5.74) is 2.98. The predicted molar refractivity (Wildman–Crippen MR) is 170 cm³/mol. The van der Waals surface area contributed by atoms with Crippen molar-refractivity contribution in [3.8, 4) is 11.8 Å². The van der Waals surface area contributed by atoms with Crippen LogP contribution in [0.4, 0.5) is 10.5 Å². The van der Waals surface area contributed by atoms with Gasteiger partial charge < -0.3 is 26.2 Å². The van der Waals surface area contributed by atoms with E-state index in [2.05, 4.69) is 33.1 Å². The molecule has 0 bridgehead atoms. The summed E-state index contributed by atoms with van der Waals surface area (Å²) < 4.78 is 33.7. The SMILES string of the molecule is O=C(CCCC[C@@H]1SC[C@@H]2NC(=O)N[C@@H]21)NCC(C(=O)NCCC(=O)N1Cc2ccccc2C#Cc2ccccc21)S(=O)(=O)O. The molecule has 12 nitrogen and oxygen atoms in total. The number of thioether (sulfide) groups is 1. The Bertz CT molecular complexity index is 1640. The van der Waals surface area contributed by atoms with E-state index in [4.69, 9.17) is 0 Å². The second-order valence-corrected chi connectivity index (χ2v) is 14.0. The zero-order valence-corrected chi connectivity index (χ0v) is 26.1. The number of rotatable bonds is 12. The van der Waals surface area contributed by atoms with E-state index < -0.39 is 33.7 Å². The van der Waals surface area contributed by atoms with Crippen molar-refractivity contribution < 1.29 is 32.1 Å². The van der Waals surface area contributed by atoms with Gasteiger partial charge in [-0.2, -0.15) is 20.2 Å². The average Bonchev–Trinajstić information content (AvgIpc) is 3.55. The van der Waals surface area contributed by atoms with Crippen LogP contribution in [0.1, 0.15) is 48.8 Å². The average molecular weight is 654 g/mol. The fourth-order valence-electron chi connectivity index (χ4n) is 5.65. The summed E-state index contributed by atoms with van der Waals surface area (Å²) in [7, 11) is -4.84. The molecule has 5 rings (SSSR count). The first-order valence-corrected chi connectivity index (χ1v) is 17.3. The molecule has 0 radical (unpaired) electrons. The number of hydrogen-bond acceptors (Lipinski definition) is 7. The summed E-state index contributed by atoms with van der Waals surface area (Å²) in [6, 6.07) is 14.8. The van der Waals surface area contributed by atoms with Crippen molar-refractivity contribution in [3.05, 3.63) is 65.2 Å². The molecule has 2 saturated heterocycles. The third kappa shape index (κ3) is 8.16. The molecule has 0 saturated carbocycles. The van der Waals surface area contributed by atoms with Gasteiger partial charge in [0.15, 0.2) is 5.25 Å². The van der Waals surface area contributed by atoms with Gasteiger partial charge in [0.25, 0.3) is 10.1 Å².